The Morgan fingerprint density at radius 1 is 1.05 bits per heavy atom. The van der Waals surface area contributed by atoms with E-state index in [-0.39, 0.29) is 23.6 Å². The van der Waals surface area contributed by atoms with Gasteiger partial charge in [-0.3, -0.25) is 4.79 Å². The molecule has 2 unspecified atom stereocenters. The van der Waals surface area contributed by atoms with E-state index in [1.165, 1.54) is 6.33 Å². The highest BCUT2D eigenvalue weighted by Crippen LogP contribution is 2.40. The lowest BCUT2D eigenvalue weighted by Gasteiger charge is -2.39. The van der Waals surface area contributed by atoms with Crippen LogP contribution in [0.25, 0.3) is 11.1 Å². The molecule has 3 heterocycles. The zero-order valence-corrected chi connectivity index (χ0v) is 20.8. The monoisotopic (exact) mass is 505 g/mol. The van der Waals surface area contributed by atoms with E-state index in [4.69, 9.17) is 21.0 Å². The molecule has 1 aromatic heterocycles. The number of carbonyl (C=O) groups is 1. The van der Waals surface area contributed by atoms with Gasteiger partial charge >= 0.3 is 0 Å². The first-order chi connectivity index (χ1) is 18.5. The Balaban J connectivity index is 1.26. The van der Waals surface area contributed by atoms with Crippen LogP contribution in [0.3, 0.4) is 0 Å². The lowest BCUT2D eigenvalue weighted by molar-refractivity contribution is -0.131. The number of nitriles is 2. The van der Waals surface area contributed by atoms with Gasteiger partial charge in [0, 0.05) is 18.6 Å². The highest BCUT2D eigenvalue weighted by atomic mass is 16.5. The second-order valence-corrected chi connectivity index (χ2v) is 9.65. The maximum atomic E-state index is 12.6. The van der Waals surface area contributed by atoms with Crippen molar-refractivity contribution in [3.05, 3.63) is 72.6 Å². The number of carbonyl (C=O) groups excluding carboxylic acids is 1. The largest absolute Gasteiger partial charge is 0.457 e. The fourth-order valence-corrected chi connectivity index (χ4v) is 5.47. The number of aromatic nitrogens is 2. The number of nitrogens with one attached hydrogen (secondary N) is 1. The molecule has 5 rings (SSSR count). The van der Waals surface area contributed by atoms with E-state index in [1.54, 1.807) is 24.3 Å². The summed E-state index contributed by atoms with van der Waals surface area (Å²) in [5.74, 6) is 2.45. The third-order valence-electron chi connectivity index (χ3n) is 7.26. The van der Waals surface area contributed by atoms with Crippen LogP contribution >= 0.6 is 0 Å². The molecule has 2 aliphatic rings. The molecular weight excluding hydrogens is 478 g/mol. The molecule has 2 aliphatic heterocycles. The number of rotatable bonds is 7. The number of nitrogen functional groups attached to an aromatic ring is 1. The third-order valence-corrected chi connectivity index (χ3v) is 7.26. The van der Waals surface area contributed by atoms with Crippen molar-refractivity contribution in [2.75, 3.05) is 17.6 Å². The summed E-state index contributed by atoms with van der Waals surface area (Å²) < 4.78 is 5.89. The highest BCUT2D eigenvalue weighted by molar-refractivity contribution is 5.97. The number of amides is 1. The average molecular weight is 506 g/mol. The van der Waals surface area contributed by atoms with Gasteiger partial charge in [0.2, 0.25) is 0 Å². The van der Waals surface area contributed by atoms with Gasteiger partial charge in [-0.1, -0.05) is 18.7 Å². The summed E-state index contributed by atoms with van der Waals surface area (Å²) in [6.45, 7) is 4.30. The Kier molecular flexibility index (Phi) is 6.92. The maximum absolute atomic E-state index is 12.6. The first-order valence-corrected chi connectivity index (χ1v) is 12.5. The van der Waals surface area contributed by atoms with E-state index in [1.807, 2.05) is 35.2 Å². The Hall–Kier alpha value is -4.89. The lowest BCUT2D eigenvalue weighted by atomic mass is 9.90. The van der Waals surface area contributed by atoms with Gasteiger partial charge in [0.1, 0.15) is 41.1 Å². The fourth-order valence-electron chi connectivity index (χ4n) is 5.47. The Morgan fingerprint density at radius 3 is 2.29 bits per heavy atom. The molecule has 0 spiro atoms. The molecule has 2 saturated heterocycles. The van der Waals surface area contributed by atoms with Crippen LogP contribution in [-0.4, -0.2) is 39.4 Å². The number of fused-ring (bicyclic) bond motifs is 2. The molecule has 2 aromatic carbocycles. The van der Waals surface area contributed by atoms with Gasteiger partial charge in [0.05, 0.1) is 17.2 Å². The van der Waals surface area contributed by atoms with Crippen LogP contribution in [0, 0.1) is 28.6 Å². The van der Waals surface area contributed by atoms with Crippen LogP contribution in [0.5, 0.6) is 11.5 Å². The molecule has 2 atom stereocenters. The number of nitrogens with zero attached hydrogens (tertiary/aromatic N) is 5. The number of hydrogen-bond acceptors (Lipinski definition) is 8. The molecular formula is C29H27N7O2. The summed E-state index contributed by atoms with van der Waals surface area (Å²) >= 11 is 0. The lowest BCUT2D eigenvalue weighted by Crippen LogP contribution is -2.48. The fraction of sp³-hybridized carbons (Fsp3) is 0.276. The molecule has 190 valence electrons. The van der Waals surface area contributed by atoms with E-state index >= 15 is 0 Å². The standard InChI is InChI=1S/C29H27N7O2/c1-18(14-30)29(37)36-22-6-7-23(36)13-20(12-22)16-33-28-26(27(32)34-17-35-28)21-4-10-25(11-5-21)38-24-8-2-19(15-31)3-9-24/h2-5,8-11,17,20,22-23H,1,6-7,12-13,16H2,(H3,32,33,34,35). The summed E-state index contributed by atoms with van der Waals surface area (Å²) in [5.41, 5.74) is 8.43. The molecule has 2 bridgehead atoms. The highest BCUT2D eigenvalue weighted by Gasteiger charge is 2.43. The first kappa shape index (κ1) is 24.8. The predicted octanol–water partition coefficient (Wildman–Crippen LogP) is 4.65. The second kappa shape index (κ2) is 10.6. The summed E-state index contributed by atoms with van der Waals surface area (Å²) in [7, 11) is 0. The number of ether oxygens (including phenoxy) is 1. The van der Waals surface area contributed by atoms with Crippen LogP contribution in [0.2, 0.25) is 0 Å². The molecule has 38 heavy (non-hydrogen) atoms. The zero-order chi connectivity index (χ0) is 26.6. The van der Waals surface area contributed by atoms with Gasteiger partial charge < -0.3 is 20.7 Å². The van der Waals surface area contributed by atoms with Crippen LogP contribution in [0.1, 0.15) is 31.2 Å². The number of nitrogens with two attached hydrogens (primary N) is 1. The van der Waals surface area contributed by atoms with Gasteiger partial charge in [-0.2, -0.15) is 10.5 Å². The van der Waals surface area contributed by atoms with Crippen LogP contribution < -0.4 is 15.8 Å². The molecule has 0 saturated carbocycles. The first-order valence-electron chi connectivity index (χ1n) is 12.5. The van der Waals surface area contributed by atoms with E-state index in [2.05, 4.69) is 27.9 Å². The molecule has 9 heteroatoms. The molecule has 2 fully saturated rings. The number of benzene rings is 2. The van der Waals surface area contributed by atoms with Gasteiger partial charge in [-0.15, -0.1) is 0 Å². The molecule has 3 aromatic rings. The Labute approximate surface area is 221 Å². The summed E-state index contributed by atoms with van der Waals surface area (Å²) in [5, 5.41) is 21.5. The van der Waals surface area contributed by atoms with Crippen molar-refractivity contribution in [2.24, 2.45) is 5.92 Å². The van der Waals surface area contributed by atoms with Gasteiger partial charge in [0.25, 0.3) is 5.91 Å². The maximum Gasteiger partial charge on any atom is 0.264 e. The summed E-state index contributed by atoms with van der Waals surface area (Å²) in [6.07, 6.45) is 5.08. The summed E-state index contributed by atoms with van der Waals surface area (Å²) in [6, 6.07) is 18.7. The molecule has 0 aliphatic carbocycles. The van der Waals surface area contributed by atoms with Crippen molar-refractivity contribution in [1.29, 1.82) is 10.5 Å². The zero-order valence-electron chi connectivity index (χ0n) is 20.8. The SMILES string of the molecule is C=C(C#N)C(=O)N1C2CCC1CC(CNc1ncnc(N)c1-c1ccc(Oc3ccc(C#N)cc3)cc1)C2. The van der Waals surface area contributed by atoms with Crippen LogP contribution in [0.15, 0.2) is 67.0 Å². The third kappa shape index (κ3) is 5.00. The second-order valence-electron chi connectivity index (χ2n) is 9.65. The van der Waals surface area contributed by atoms with Gasteiger partial charge in [0.15, 0.2) is 0 Å². The van der Waals surface area contributed by atoms with E-state index in [0.29, 0.717) is 41.2 Å². The van der Waals surface area contributed by atoms with Crippen molar-refractivity contribution >= 4 is 17.5 Å². The Bertz CT molecular complexity index is 1420. The molecule has 0 radical (unpaired) electrons. The Morgan fingerprint density at radius 2 is 1.68 bits per heavy atom. The molecule has 9 nitrogen and oxygen atoms in total. The molecule has 3 N–H and O–H groups in total. The van der Waals surface area contributed by atoms with E-state index < -0.39 is 0 Å². The van der Waals surface area contributed by atoms with Crippen molar-refractivity contribution in [3.8, 4) is 34.8 Å². The average Bonchev–Trinajstić information content (AvgIpc) is 3.21. The van der Waals surface area contributed by atoms with Crippen LogP contribution in [0.4, 0.5) is 11.6 Å². The number of hydrogen-bond donors (Lipinski definition) is 2. The van der Waals surface area contributed by atoms with Crippen molar-refractivity contribution in [1.82, 2.24) is 14.9 Å². The normalized spacial score (nSPS) is 19.7. The number of piperidine rings is 1. The van der Waals surface area contributed by atoms with E-state index in [9.17, 15) is 4.79 Å². The van der Waals surface area contributed by atoms with E-state index in [0.717, 1.165) is 36.8 Å². The minimum absolute atomic E-state index is 0.00731. The van der Waals surface area contributed by atoms with Gasteiger partial charge in [-0.25, -0.2) is 9.97 Å². The minimum atomic E-state index is -0.233. The quantitative estimate of drug-likeness (QED) is 0.349. The predicted molar refractivity (Wildman–Crippen MR) is 143 cm³/mol. The number of anilines is 2. The van der Waals surface area contributed by atoms with Crippen LogP contribution in [-0.2, 0) is 4.79 Å². The summed E-state index contributed by atoms with van der Waals surface area (Å²) in [4.78, 5) is 23.1. The smallest absolute Gasteiger partial charge is 0.264 e. The van der Waals surface area contributed by atoms with Crippen molar-refractivity contribution < 1.29 is 9.53 Å². The minimum Gasteiger partial charge on any atom is -0.457 e. The van der Waals surface area contributed by atoms with Crippen molar-refractivity contribution in [3.63, 3.8) is 0 Å². The van der Waals surface area contributed by atoms with Crippen molar-refractivity contribution in [2.45, 2.75) is 37.8 Å². The van der Waals surface area contributed by atoms with Gasteiger partial charge in [-0.05, 0) is 73.6 Å². The molecule has 1 amide bonds. The topological polar surface area (TPSA) is 141 Å².